The molecule has 0 heterocycles. The number of anilines is 1. The molecule has 2 aromatic rings. The molecule has 2 rings (SSSR count). The van der Waals surface area contributed by atoms with Crippen LogP contribution in [0.4, 0.5) is 5.69 Å². The summed E-state index contributed by atoms with van der Waals surface area (Å²) in [7, 11) is 2.45. The molecule has 0 aliphatic rings. The quantitative estimate of drug-likeness (QED) is 0.729. The fraction of sp³-hybridized carbons (Fsp3) is 0.350. The van der Waals surface area contributed by atoms with Crippen molar-refractivity contribution in [1.29, 1.82) is 0 Å². The summed E-state index contributed by atoms with van der Waals surface area (Å²) in [5.41, 5.74) is 2.70. The Balaban J connectivity index is 2.08. The molecule has 0 fully saturated rings. The molecule has 0 aliphatic carbocycles. The number of nitrogens with one attached hydrogen (secondary N) is 1. The van der Waals surface area contributed by atoms with E-state index >= 15 is 0 Å². The van der Waals surface area contributed by atoms with Gasteiger partial charge >= 0.3 is 0 Å². The van der Waals surface area contributed by atoms with Crippen LogP contribution >= 0.6 is 0 Å². The van der Waals surface area contributed by atoms with Crippen molar-refractivity contribution in [2.24, 2.45) is 0 Å². The number of nitrogens with zero attached hydrogens (tertiary/aromatic N) is 2. The summed E-state index contributed by atoms with van der Waals surface area (Å²) in [5, 5.41) is 2.75. The van der Waals surface area contributed by atoms with Crippen molar-refractivity contribution in [3.8, 4) is 5.75 Å². The number of aryl methyl sites for hydroxylation is 1. The van der Waals surface area contributed by atoms with Crippen molar-refractivity contribution in [2.45, 2.75) is 18.4 Å². The number of rotatable bonds is 8. The highest BCUT2D eigenvalue weighted by atomic mass is 32.2. The lowest BCUT2D eigenvalue weighted by molar-refractivity contribution is -0.117. The SMILES string of the molecule is COc1ccc(NC(=O)CN(C)Cc2ccc(C)cc2)cc1S(=O)(=O)N(C)C. The van der Waals surface area contributed by atoms with Gasteiger partial charge in [0.1, 0.15) is 10.6 Å². The number of methoxy groups -OCH3 is 1. The molecule has 0 bridgehead atoms. The average Bonchev–Trinajstić information content (AvgIpc) is 2.63. The maximum absolute atomic E-state index is 12.5. The van der Waals surface area contributed by atoms with Gasteiger partial charge in [-0.3, -0.25) is 9.69 Å². The van der Waals surface area contributed by atoms with Crippen molar-refractivity contribution in [2.75, 3.05) is 40.1 Å². The lowest BCUT2D eigenvalue weighted by Crippen LogP contribution is -2.30. The fourth-order valence-electron chi connectivity index (χ4n) is 2.66. The first-order chi connectivity index (χ1) is 13.1. The van der Waals surface area contributed by atoms with Gasteiger partial charge in [-0.25, -0.2) is 12.7 Å². The summed E-state index contributed by atoms with van der Waals surface area (Å²) in [4.78, 5) is 14.3. The Hall–Kier alpha value is -2.42. The Bertz CT molecular complexity index is 925. The Morgan fingerprint density at radius 1 is 1.07 bits per heavy atom. The standard InChI is InChI=1S/C20H27N3O4S/c1-15-6-8-16(9-7-15)13-23(4)14-20(24)21-17-10-11-18(27-5)19(12-17)28(25,26)22(2)3/h6-12H,13-14H2,1-5H3,(H,21,24). The summed E-state index contributed by atoms with van der Waals surface area (Å²) in [6.07, 6.45) is 0. The lowest BCUT2D eigenvalue weighted by atomic mass is 10.1. The van der Waals surface area contributed by atoms with Crippen LogP contribution in [0.5, 0.6) is 5.75 Å². The summed E-state index contributed by atoms with van der Waals surface area (Å²) in [5.74, 6) is -0.00355. The molecule has 8 heteroatoms. The topological polar surface area (TPSA) is 79.0 Å². The van der Waals surface area contributed by atoms with Crippen molar-refractivity contribution >= 4 is 21.6 Å². The smallest absolute Gasteiger partial charge is 0.246 e. The molecule has 0 aliphatic heterocycles. The number of amides is 1. The van der Waals surface area contributed by atoms with Gasteiger partial charge in [-0.05, 0) is 37.7 Å². The van der Waals surface area contributed by atoms with E-state index < -0.39 is 10.0 Å². The summed E-state index contributed by atoms with van der Waals surface area (Å²) in [6, 6.07) is 12.7. The third-order valence-corrected chi connectivity index (χ3v) is 6.03. The highest BCUT2D eigenvalue weighted by Crippen LogP contribution is 2.28. The van der Waals surface area contributed by atoms with Gasteiger partial charge in [-0.15, -0.1) is 0 Å². The highest BCUT2D eigenvalue weighted by molar-refractivity contribution is 7.89. The van der Waals surface area contributed by atoms with Gasteiger partial charge in [0.25, 0.3) is 0 Å². The molecule has 0 spiro atoms. The van der Waals surface area contributed by atoms with Gasteiger partial charge in [0.2, 0.25) is 15.9 Å². The van der Waals surface area contributed by atoms with Crippen LogP contribution in [0, 0.1) is 6.92 Å². The summed E-state index contributed by atoms with van der Waals surface area (Å²) in [6.45, 7) is 2.84. The fourth-order valence-corrected chi connectivity index (χ4v) is 3.73. The second-order valence-electron chi connectivity index (χ2n) is 6.86. The van der Waals surface area contributed by atoms with Crippen LogP contribution in [0.15, 0.2) is 47.4 Å². The summed E-state index contributed by atoms with van der Waals surface area (Å²) < 4.78 is 31.2. The molecule has 28 heavy (non-hydrogen) atoms. The summed E-state index contributed by atoms with van der Waals surface area (Å²) >= 11 is 0. The Morgan fingerprint density at radius 3 is 2.29 bits per heavy atom. The zero-order valence-electron chi connectivity index (χ0n) is 16.9. The van der Waals surface area contributed by atoms with Crippen molar-refractivity contribution in [3.05, 3.63) is 53.6 Å². The number of ether oxygens (including phenoxy) is 1. The molecule has 0 aromatic heterocycles. The largest absolute Gasteiger partial charge is 0.495 e. The molecule has 152 valence electrons. The molecule has 0 radical (unpaired) electrons. The van der Waals surface area contributed by atoms with E-state index in [2.05, 4.69) is 5.32 Å². The van der Waals surface area contributed by atoms with E-state index in [-0.39, 0.29) is 23.1 Å². The molecule has 1 N–H and O–H groups in total. The van der Waals surface area contributed by atoms with Gasteiger partial charge in [0.15, 0.2) is 0 Å². The highest BCUT2D eigenvalue weighted by Gasteiger charge is 2.23. The number of sulfonamides is 1. The van der Waals surface area contributed by atoms with Crippen LogP contribution in [-0.4, -0.2) is 58.3 Å². The minimum Gasteiger partial charge on any atom is -0.495 e. The van der Waals surface area contributed by atoms with Gasteiger partial charge in [0, 0.05) is 26.3 Å². The Morgan fingerprint density at radius 2 is 1.71 bits per heavy atom. The van der Waals surface area contributed by atoms with E-state index in [0.29, 0.717) is 12.2 Å². The Labute approximate surface area is 167 Å². The van der Waals surface area contributed by atoms with Gasteiger partial charge in [-0.1, -0.05) is 29.8 Å². The first-order valence-corrected chi connectivity index (χ1v) is 10.2. The van der Waals surface area contributed by atoms with E-state index in [1.807, 2.05) is 43.1 Å². The normalized spacial score (nSPS) is 11.7. The van der Waals surface area contributed by atoms with E-state index in [9.17, 15) is 13.2 Å². The lowest BCUT2D eigenvalue weighted by Gasteiger charge is -2.18. The molecular formula is C20H27N3O4S. The third-order valence-electron chi connectivity index (χ3n) is 4.19. The zero-order valence-corrected chi connectivity index (χ0v) is 17.7. The number of hydrogen-bond donors (Lipinski definition) is 1. The van der Waals surface area contributed by atoms with Crippen LogP contribution < -0.4 is 10.1 Å². The predicted octanol–water partition coefficient (Wildman–Crippen LogP) is 2.32. The van der Waals surface area contributed by atoms with Gasteiger partial charge in [0.05, 0.1) is 13.7 Å². The van der Waals surface area contributed by atoms with Crippen LogP contribution in [0.2, 0.25) is 0 Å². The third kappa shape index (κ3) is 5.54. The molecular weight excluding hydrogens is 378 g/mol. The molecule has 0 saturated heterocycles. The minimum atomic E-state index is -3.70. The van der Waals surface area contributed by atoms with Crippen LogP contribution in [0.3, 0.4) is 0 Å². The second kappa shape index (κ2) is 9.18. The molecule has 1 amide bonds. The van der Waals surface area contributed by atoms with E-state index in [1.165, 1.54) is 38.9 Å². The van der Waals surface area contributed by atoms with Crippen LogP contribution in [0.25, 0.3) is 0 Å². The Kier molecular flexibility index (Phi) is 7.17. The molecule has 7 nitrogen and oxygen atoms in total. The number of hydrogen-bond acceptors (Lipinski definition) is 5. The van der Waals surface area contributed by atoms with Crippen LogP contribution in [0.1, 0.15) is 11.1 Å². The van der Waals surface area contributed by atoms with Gasteiger partial charge < -0.3 is 10.1 Å². The monoisotopic (exact) mass is 405 g/mol. The van der Waals surface area contributed by atoms with Crippen LogP contribution in [-0.2, 0) is 21.4 Å². The molecule has 2 aromatic carbocycles. The molecule has 0 unspecified atom stereocenters. The van der Waals surface area contributed by atoms with E-state index in [1.54, 1.807) is 6.07 Å². The van der Waals surface area contributed by atoms with E-state index in [4.69, 9.17) is 4.74 Å². The number of carbonyl (C=O) groups is 1. The van der Waals surface area contributed by atoms with Gasteiger partial charge in [-0.2, -0.15) is 0 Å². The number of likely N-dealkylation sites (N-methyl/N-ethyl adjacent to an activating group) is 1. The maximum atomic E-state index is 12.5. The van der Waals surface area contributed by atoms with E-state index in [0.717, 1.165) is 9.87 Å². The zero-order chi connectivity index (χ0) is 20.9. The van der Waals surface area contributed by atoms with Crippen molar-refractivity contribution in [1.82, 2.24) is 9.21 Å². The first-order valence-electron chi connectivity index (χ1n) is 8.78. The molecule has 0 saturated carbocycles. The van der Waals surface area contributed by atoms with Crippen molar-refractivity contribution in [3.63, 3.8) is 0 Å². The average molecular weight is 406 g/mol. The van der Waals surface area contributed by atoms with Crippen molar-refractivity contribution < 1.29 is 17.9 Å². The molecule has 0 atom stereocenters. The minimum absolute atomic E-state index is 0.00538. The number of benzene rings is 2. The maximum Gasteiger partial charge on any atom is 0.246 e. The second-order valence-corrected chi connectivity index (χ2v) is 8.98. The predicted molar refractivity (Wildman–Crippen MR) is 110 cm³/mol. The number of carbonyl (C=O) groups excluding carboxylic acids is 1. The first kappa shape index (κ1) is 21.9.